The molecule has 1 atom stereocenters. The van der Waals surface area contributed by atoms with E-state index in [2.05, 4.69) is 10.6 Å². The average Bonchev–Trinajstić information content (AvgIpc) is 2.83. The van der Waals surface area contributed by atoms with Crippen LogP contribution in [0.15, 0.2) is 72.8 Å². The summed E-state index contributed by atoms with van der Waals surface area (Å²) in [6.07, 6.45) is -0.755. The van der Waals surface area contributed by atoms with Crippen molar-refractivity contribution in [1.82, 2.24) is 5.32 Å². The van der Waals surface area contributed by atoms with Gasteiger partial charge in [0.15, 0.2) is 0 Å². The molecule has 3 aromatic rings. The molecule has 3 aromatic carbocycles. The van der Waals surface area contributed by atoms with Crippen LogP contribution in [0.2, 0.25) is 0 Å². The molecule has 0 aliphatic carbocycles. The topological polar surface area (TPSA) is 137 Å². The summed E-state index contributed by atoms with van der Waals surface area (Å²) >= 11 is 0. The molecule has 10 nitrogen and oxygen atoms in total. The maximum atomic E-state index is 12.3. The van der Waals surface area contributed by atoms with Gasteiger partial charge in [0.2, 0.25) is 5.91 Å². The molecule has 0 radical (unpaired) electrons. The van der Waals surface area contributed by atoms with Crippen molar-refractivity contribution in [2.45, 2.75) is 19.4 Å². The first-order chi connectivity index (χ1) is 16.7. The van der Waals surface area contributed by atoms with Gasteiger partial charge in [-0.1, -0.05) is 36.4 Å². The Hall–Kier alpha value is -4.73. The summed E-state index contributed by atoms with van der Waals surface area (Å²) in [7, 11) is 1.21. The smallest absolute Gasteiger partial charge is 0.413 e. The number of carbonyl (C=O) groups excluding carboxylic acids is 3. The van der Waals surface area contributed by atoms with E-state index in [0.717, 1.165) is 16.7 Å². The van der Waals surface area contributed by atoms with E-state index in [9.17, 15) is 24.5 Å². The number of ether oxygens (including phenoxy) is 2. The summed E-state index contributed by atoms with van der Waals surface area (Å²) in [4.78, 5) is 46.0. The quantitative estimate of drug-likeness (QED) is 0.283. The number of rotatable bonds is 8. The molecule has 0 aliphatic rings. The molecule has 180 valence electrons. The van der Waals surface area contributed by atoms with Gasteiger partial charge < -0.3 is 20.1 Å². The van der Waals surface area contributed by atoms with E-state index in [1.807, 2.05) is 42.5 Å². The lowest BCUT2D eigenvalue weighted by molar-refractivity contribution is -0.384. The molecule has 10 heteroatoms. The number of benzene rings is 3. The second-order valence-corrected chi connectivity index (χ2v) is 7.52. The fourth-order valence-corrected chi connectivity index (χ4v) is 3.30. The van der Waals surface area contributed by atoms with Gasteiger partial charge in [-0.25, -0.2) is 9.59 Å². The number of nitrogens with one attached hydrogen (secondary N) is 2. The molecule has 0 aliphatic heterocycles. The van der Waals surface area contributed by atoms with E-state index in [0.29, 0.717) is 5.69 Å². The second-order valence-electron chi connectivity index (χ2n) is 7.52. The zero-order chi connectivity index (χ0) is 25.4. The van der Waals surface area contributed by atoms with Crippen molar-refractivity contribution < 1.29 is 28.8 Å². The molecule has 3 rings (SSSR count). The van der Waals surface area contributed by atoms with E-state index in [1.165, 1.54) is 38.3 Å². The summed E-state index contributed by atoms with van der Waals surface area (Å²) in [6, 6.07) is 18.7. The van der Waals surface area contributed by atoms with Crippen LogP contribution >= 0.6 is 0 Å². The molecule has 0 bridgehead atoms. The van der Waals surface area contributed by atoms with Crippen LogP contribution in [0.25, 0.3) is 11.1 Å². The fraction of sp³-hybridized carbons (Fsp3) is 0.160. The van der Waals surface area contributed by atoms with Crippen LogP contribution < -0.4 is 15.4 Å². The summed E-state index contributed by atoms with van der Waals surface area (Å²) in [6.45, 7) is 1.44. The highest BCUT2D eigenvalue weighted by molar-refractivity contribution is 5.89. The standard InChI is InChI=1S/C25H23N3O7/c1-16(29)26-20-5-3-4-19(15-20)18-8-6-17(7-9-18)14-23(24(30)34-2)27-25(31)35-22-12-10-21(11-13-22)28(32)33/h3-13,15,23H,14H2,1-2H3,(H,26,29)(H,27,31)/t23-/m0/s1. The fourth-order valence-electron chi connectivity index (χ4n) is 3.30. The van der Waals surface area contributed by atoms with Gasteiger partial charge in [0, 0.05) is 31.2 Å². The van der Waals surface area contributed by atoms with Crippen LogP contribution in [0.1, 0.15) is 12.5 Å². The number of amides is 2. The first kappa shape index (κ1) is 24.9. The molecule has 0 saturated carbocycles. The molecule has 0 heterocycles. The minimum absolute atomic E-state index is 0.0857. The lowest BCUT2D eigenvalue weighted by atomic mass is 10.0. The minimum atomic E-state index is -1.01. The van der Waals surface area contributed by atoms with Crippen molar-refractivity contribution in [3.05, 3.63) is 88.5 Å². The van der Waals surface area contributed by atoms with Crippen LogP contribution in [0.3, 0.4) is 0 Å². The molecule has 0 unspecified atom stereocenters. The van der Waals surface area contributed by atoms with Crippen molar-refractivity contribution in [1.29, 1.82) is 0 Å². The largest absolute Gasteiger partial charge is 0.467 e. The molecule has 2 N–H and O–H groups in total. The Morgan fingerprint density at radius 1 is 0.971 bits per heavy atom. The maximum absolute atomic E-state index is 12.3. The zero-order valence-corrected chi connectivity index (χ0v) is 19.0. The van der Waals surface area contributed by atoms with Gasteiger partial charge in [-0.05, 0) is 41.0 Å². The predicted molar refractivity (Wildman–Crippen MR) is 128 cm³/mol. The van der Waals surface area contributed by atoms with Crippen molar-refractivity contribution in [3.63, 3.8) is 0 Å². The van der Waals surface area contributed by atoms with Gasteiger partial charge >= 0.3 is 12.1 Å². The molecule has 0 spiro atoms. The molecule has 0 saturated heterocycles. The van der Waals surface area contributed by atoms with E-state index in [-0.39, 0.29) is 23.8 Å². The maximum Gasteiger partial charge on any atom is 0.413 e. The molecular weight excluding hydrogens is 454 g/mol. The average molecular weight is 477 g/mol. The van der Waals surface area contributed by atoms with E-state index in [1.54, 1.807) is 6.07 Å². The monoisotopic (exact) mass is 477 g/mol. The van der Waals surface area contributed by atoms with E-state index < -0.39 is 23.0 Å². The van der Waals surface area contributed by atoms with Gasteiger partial charge in [-0.15, -0.1) is 0 Å². The zero-order valence-electron chi connectivity index (χ0n) is 19.0. The molecule has 2 amide bonds. The van der Waals surface area contributed by atoms with E-state index >= 15 is 0 Å². The molecule has 0 aromatic heterocycles. The van der Waals surface area contributed by atoms with Crippen LogP contribution in [0.4, 0.5) is 16.2 Å². The third-order valence-corrected chi connectivity index (χ3v) is 4.95. The second kappa shape index (κ2) is 11.4. The number of hydrogen-bond donors (Lipinski definition) is 2. The lowest BCUT2D eigenvalue weighted by Gasteiger charge is -2.17. The van der Waals surface area contributed by atoms with Crippen molar-refractivity contribution >= 4 is 29.3 Å². The highest BCUT2D eigenvalue weighted by atomic mass is 16.6. The summed E-state index contributed by atoms with van der Waals surface area (Å²) in [5.74, 6) is -0.730. The number of anilines is 1. The number of carbonyl (C=O) groups is 3. The number of nitro benzene ring substituents is 1. The predicted octanol–water partition coefficient (Wildman–Crippen LogP) is 4.09. The highest BCUT2D eigenvalue weighted by Gasteiger charge is 2.23. The number of methoxy groups -OCH3 is 1. The Balaban J connectivity index is 1.67. The minimum Gasteiger partial charge on any atom is -0.467 e. The number of non-ortho nitro benzene ring substituents is 1. The molecule has 35 heavy (non-hydrogen) atoms. The highest BCUT2D eigenvalue weighted by Crippen LogP contribution is 2.24. The third kappa shape index (κ3) is 7.13. The van der Waals surface area contributed by atoms with Gasteiger partial charge in [0.1, 0.15) is 11.8 Å². The Labute approximate surface area is 201 Å². The number of nitrogens with zero attached hydrogens (tertiary/aromatic N) is 1. The first-order valence-corrected chi connectivity index (χ1v) is 10.5. The Bertz CT molecular complexity index is 1220. The number of nitro groups is 1. The molecule has 0 fully saturated rings. The number of esters is 1. The molecular formula is C25H23N3O7. The first-order valence-electron chi connectivity index (χ1n) is 10.5. The Morgan fingerprint density at radius 2 is 1.66 bits per heavy atom. The summed E-state index contributed by atoms with van der Waals surface area (Å²) in [5, 5.41) is 15.9. The van der Waals surface area contributed by atoms with Crippen molar-refractivity contribution in [3.8, 4) is 16.9 Å². The van der Waals surface area contributed by atoms with Crippen LogP contribution in [-0.2, 0) is 20.7 Å². The normalized spacial score (nSPS) is 11.1. The van der Waals surface area contributed by atoms with Gasteiger partial charge in [0.25, 0.3) is 5.69 Å². The summed E-state index contributed by atoms with van der Waals surface area (Å²) in [5.41, 5.74) is 3.10. The van der Waals surface area contributed by atoms with Crippen molar-refractivity contribution in [2.75, 3.05) is 12.4 Å². The third-order valence-electron chi connectivity index (χ3n) is 4.95. The van der Waals surface area contributed by atoms with Crippen LogP contribution in [-0.4, -0.2) is 36.0 Å². The Kier molecular flexibility index (Phi) is 8.12. The Morgan fingerprint density at radius 3 is 2.26 bits per heavy atom. The van der Waals surface area contributed by atoms with E-state index in [4.69, 9.17) is 9.47 Å². The van der Waals surface area contributed by atoms with Crippen molar-refractivity contribution in [2.24, 2.45) is 0 Å². The summed E-state index contributed by atoms with van der Waals surface area (Å²) < 4.78 is 9.91. The van der Waals surface area contributed by atoms with Gasteiger partial charge in [0.05, 0.1) is 12.0 Å². The van der Waals surface area contributed by atoms with Crippen LogP contribution in [0, 0.1) is 10.1 Å². The van der Waals surface area contributed by atoms with Gasteiger partial charge in [-0.3, -0.25) is 14.9 Å². The van der Waals surface area contributed by atoms with Crippen LogP contribution in [0.5, 0.6) is 5.75 Å². The van der Waals surface area contributed by atoms with Gasteiger partial charge in [-0.2, -0.15) is 0 Å². The SMILES string of the molecule is COC(=O)[C@H](Cc1ccc(-c2cccc(NC(C)=O)c2)cc1)NC(=O)Oc1ccc([N+](=O)[O-])cc1. The lowest BCUT2D eigenvalue weighted by Crippen LogP contribution is -2.44. The number of hydrogen-bond acceptors (Lipinski definition) is 7.